The molecule has 18 heavy (non-hydrogen) atoms. The normalized spacial score (nSPS) is 36.6. The molecule has 0 unspecified atom stereocenters. The Morgan fingerprint density at radius 1 is 1.22 bits per heavy atom. The van der Waals surface area contributed by atoms with Gasteiger partial charge in [0.15, 0.2) is 0 Å². The van der Waals surface area contributed by atoms with Gasteiger partial charge in [0.1, 0.15) is 0 Å². The molecule has 0 spiro atoms. The van der Waals surface area contributed by atoms with E-state index in [1.54, 1.807) is 0 Å². The number of hydrogen-bond donors (Lipinski definition) is 1. The first kappa shape index (κ1) is 12.2. The molecule has 2 heterocycles. The topological polar surface area (TPSA) is 32.7 Å². The van der Waals surface area contributed by atoms with Gasteiger partial charge in [-0.15, -0.1) is 0 Å². The van der Waals surface area contributed by atoms with Crippen molar-refractivity contribution in [1.82, 2.24) is 4.90 Å². The second kappa shape index (κ2) is 4.65. The summed E-state index contributed by atoms with van der Waals surface area (Å²) in [4.78, 5) is 2.51. The number of fused-ring (bicyclic) bond motifs is 2. The minimum Gasteiger partial charge on any atom is -0.390 e. The van der Waals surface area contributed by atoms with Crippen LogP contribution in [0, 0.1) is 0 Å². The van der Waals surface area contributed by atoms with Crippen LogP contribution in [0.15, 0.2) is 30.3 Å². The van der Waals surface area contributed by atoms with E-state index in [1.165, 1.54) is 5.56 Å². The Morgan fingerprint density at radius 2 is 1.83 bits per heavy atom. The third-order valence-electron chi connectivity index (χ3n) is 4.12. The number of aliphatic hydroxyl groups is 1. The SMILES string of the molecule is CC1(O)C[C@H]2COC[C@H](C1)N2Cc1ccccc1. The molecule has 3 nitrogen and oxygen atoms in total. The number of hydrogen-bond acceptors (Lipinski definition) is 3. The number of morpholine rings is 1. The van der Waals surface area contributed by atoms with Crippen molar-refractivity contribution in [2.75, 3.05) is 13.2 Å². The molecule has 2 bridgehead atoms. The number of benzene rings is 1. The molecule has 98 valence electrons. The Hall–Kier alpha value is -0.900. The van der Waals surface area contributed by atoms with Crippen molar-refractivity contribution in [3.05, 3.63) is 35.9 Å². The summed E-state index contributed by atoms with van der Waals surface area (Å²) in [7, 11) is 0. The van der Waals surface area contributed by atoms with E-state index >= 15 is 0 Å². The van der Waals surface area contributed by atoms with Crippen LogP contribution in [0.2, 0.25) is 0 Å². The quantitative estimate of drug-likeness (QED) is 0.865. The molecule has 2 fully saturated rings. The van der Waals surface area contributed by atoms with Gasteiger partial charge in [-0.25, -0.2) is 0 Å². The highest BCUT2D eigenvalue weighted by Gasteiger charge is 2.43. The van der Waals surface area contributed by atoms with Crippen LogP contribution < -0.4 is 0 Å². The highest BCUT2D eigenvalue weighted by Crippen LogP contribution is 2.34. The molecule has 1 aromatic carbocycles. The molecule has 0 radical (unpaired) electrons. The van der Waals surface area contributed by atoms with Gasteiger partial charge in [-0.05, 0) is 25.3 Å². The molecule has 1 N–H and O–H groups in total. The van der Waals surface area contributed by atoms with E-state index in [4.69, 9.17) is 4.74 Å². The van der Waals surface area contributed by atoms with E-state index in [-0.39, 0.29) is 0 Å². The van der Waals surface area contributed by atoms with Gasteiger partial charge in [0.2, 0.25) is 0 Å². The third kappa shape index (κ3) is 2.44. The first-order chi connectivity index (χ1) is 8.64. The van der Waals surface area contributed by atoms with Crippen molar-refractivity contribution >= 4 is 0 Å². The summed E-state index contributed by atoms with van der Waals surface area (Å²) >= 11 is 0. The van der Waals surface area contributed by atoms with Crippen LogP contribution in [0.1, 0.15) is 25.3 Å². The van der Waals surface area contributed by atoms with Gasteiger partial charge in [0, 0.05) is 18.6 Å². The second-order valence-electron chi connectivity index (χ2n) is 5.91. The molecule has 3 rings (SSSR count). The predicted octanol–water partition coefficient (Wildman–Crippen LogP) is 1.80. The van der Waals surface area contributed by atoms with E-state index in [0.29, 0.717) is 12.1 Å². The van der Waals surface area contributed by atoms with Gasteiger partial charge in [-0.3, -0.25) is 4.90 Å². The fraction of sp³-hybridized carbons (Fsp3) is 0.600. The zero-order chi connectivity index (χ0) is 12.6. The summed E-state index contributed by atoms with van der Waals surface area (Å²) in [6, 6.07) is 11.3. The molecular formula is C15H21NO2. The van der Waals surface area contributed by atoms with E-state index < -0.39 is 5.60 Å². The lowest BCUT2D eigenvalue weighted by molar-refractivity contribution is -0.139. The largest absolute Gasteiger partial charge is 0.390 e. The zero-order valence-corrected chi connectivity index (χ0v) is 10.9. The maximum atomic E-state index is 10.3. The maximum absolute atomic E-state index is 10.3. The average molecular weight is 247 g/mol. The summed E-state index contributed by atoms with van der Waals surface area (Å²) in [6.07, 6.45) is 1.63. The Balaban J connectivity index is 1.76. The Morgan fingerprint density at radius 3 is 2.44 bits per heavy atom. The molecule has 0 amide bonds. The van der Waals surface area contributed by atoms with E-state index in [0.717, 1.165) is 32.6 Å². The minimum absolute atomic E-state index is 0.354. The Kier molecular flexibility index (Phi) is 3.14. The van der Waals surface area contributed by atoms with Crippen molar-refractivity contribution in [2.45, 2.75) is 44.0 Å². The smallest absolute Gasteiger partial charge is 0.0651 e. The molecular weight excluding hydrogens is 226 g/mol. The van der Waals surface area contributed by atoms with E-state index in [2.05, 4.69) is 35.2 Å². The van der Waals surface area contributed by atoms with Crippen LogP contribution in [0.3, 0.4) is 0 Å². The molecule has 0 saturated carbocycles. The van der Waals surface area contributed by atoms with Gasteiger partial charge >= 0.3 is 0 Å². The Bertz CT molecular complexity index is 388. The lowest BCUT2D eigenvalue weighted by Crippen LogP contribution is -2.60. The highest BCUT2D eigenvalue weighted by atomic mass is 16.5. The van der Waals surface area contributed by atoms with Gasteiger partial charge in [-0.1, -0.05) is 30.3 Å². The second-order valence-corrected chi connectivity index (χ2v) is 5.91. The van der Waals surface area contributed by atoms with Crippen LogP contribution in [0.25, 0.3) is 0 Å². The fourth-order valence-electron chi connectivity index (χ4n) is 3.33. The van der Waals surface area contributed by atoms with Crippen LogP contribution in [0.5, 0.6) is 0 Å². The third-order valence-corrected chi connectivity index (χ3v) is 4.12. The number of rotatable bonds is 2. The summed E-state index contributed by atoms with van der Waals surface area (Å²) in [6.45, 7) is 4.42. The average Bonchev–Trinajstić information content (AvgIpc) is 2.31. The first-order valence-corrected chi connectivity index (χ1v) is 6.74. The fourth-order valence-corrected chi connectivity index (χ4v) is 3.33. The van der Waals surface area contributed by atoms with E-state index in [1.807, 2.05) is 6.92 Å². The molecule has 3 heteroatoms. The monoisotopic (exact) mass is 247 g/mol. The maximum Gasteiger partial charge on any atom is 0.0651 e. The molecule has 2 saturated heterocycles. The number of ether oxygens (including phenoxy) is 1. The molecule has 2 atom stereocenters. The van der Waals surface area contributed by atoms with Gasteiger partial charge in [0.25, 0.3) is 0 Å². The summed E-state index contributed by atoms with van der Waals surface area (Å²) in [5.41, 5.74) is 0.822. The number of nitrogens with zero attached hydrogens (tertiary/aromatic N) is 1. The van der Waals surface area contributed by atoms with Crippen molar-refractivity contribution < 1.29 is 9.84 Å². The van der Waals surface area contributed by atoms with Gasteiger partial charge in [0.05, 0.1) is 18.8 Å². The number of piperidine rings is 1. The standard InChI is InChI=1S/C15H21NO2/c1-15(17)7-13-10-18-11-14(8-15)16(13)9-12-5-3-2-4-6-12/h2-6,13-14,17H,7-11H2,1H3/t13-,14-/m0/s1. The Labute approximate surface area is 108 Å². The first-order valence-electron chi connectivity index (χ1n) is 6.74. The predicted molar refractivity (Wildman–Crippen MR) is 70.2 cm³/mol. The molecule has 0 aromatic heterocycles. The van der Waals surface area contributed by atoms with Crippen LogP contribution in [0.4, 0.5) is 0 Å². The van der Waals surface area contributed by atoms with Crippen molar-refractivity contribution in [1.29, 1.82) is 0 Å². The van der Waals surface area contributed by atoms with Crippen LogP contribution in [-0.2, 0) is 11.3 Å². The van der Waals surface area contributed by atoms with Crippen molar-refractivity contribution in [3.63, 3.8) is 0 Å². The van der Waals surface area contributed by atoms with Crippen LogP contribution >= 0.6 is 0 Å². The molecule has 0 aliphatic carbocycles. The van der Waals surface area contributed by atoms with E-state index in [9.17, 15) is 5.11 Å². The minimum atomic E-state index is -0.522. The lowest BCUT2D eigenvalue weighted by atomic mass is 9.82. The lowest BCUT2D eigenvalue weighted by Gasteiger charge is -2.50. The van der Waals surface area contributed by atoms with Crippen molar-refractivity contribution in [2.24, 2.45) is 0 Å². The summed E-state index contributed by atoms with van der Waals surface area (Å²) in [5.74, 6) is 0. The van der Waals surface area contributed by atoms with Gasteiger partial charge in [-0.2, -0.15) is 0 Å². The summed E-state index contributed by atoms with van der Waals surface area (Å²) < 4.78 is 5.64. The molecule has 2 aliphatic rings. The van der Waals surface area contributed by atoms with Crippen molar-refractivity contribution in [3.8, 4) is 0 Å². The van der Waals surface area contributed by atoms with Crippen LogP contribution in [-0.4, -0.2) is 40.9 Å². The zero-order valence-electron chi connectivity index (χ0n) is 10.9. The highest BCUT2D eigenvalue weighted by molar-refractivity contribution is 5.15. The van der Waals surface area contributed by atoms with Gasteiger partial charge < -0.3 is 9.84 Å². The molecule has 2 aliphatic heterocycles. The molecule has 1 aromatic rings. The summed E-state index contributed by atoms with van der Waals surface area (Å²) in [5, 5.41) is 10.3.